The van der Waals surface area contributed by atoms with Gasteiger partial charge in [0.2, 0.25) is 0 Å². The third-order valence-electron chi connectivity index (χ3n) is 4.08. The summed E-state index contributed by atoms with van der Waals surface area (Å²) in [5.41, 5.74) is 5.89. The van der Waals surface area contributed by atoms with Crippen molar-refractivity contribution in [3.8, 4) is 0 Å². The van der Waals surface area contributed by atoms with Crippen molar-refractivity contribution >= 4 is 5.91 Å². The molecular weight excluding hydrogens is 294 g/mol. The number of amides is 1. The van der Waals surface area contributed by atoms with Crippen LogP contribution in [-0.2, 0) is 11.3 Å². The number of aromatic nitrogens is 3. The van der Waals surface area contributed by atoms with Gasteiger partial charge < -0.3 is 15.4 Å². The minimum absolute atomic E-state index is 0.0545. The summed E-state index contributed by atoms with van der Waals surface area (Å²) < 4.78 is 7.47. The summed E-state index contributed by atoms with van der Waals surface area (Å²) in [6.07, 6.45) is 6.01. The van der Waals surface area contributed by atoms with Gasteiger partial charge >= 0.3 is 0 Å². The maximum Gasteiger partial charge on any atom is 0.276 e. The van der Waals surface area contributed by atoms with Crippen LogP contribution in [0, 0.1) is 5.92 Å². The van der Waals surface area contributed by atoms with E-state index in [2.05, 4.69) is 24.2 Å². The SMILES string of the molecule is CC(C)CCCC1CN(C(=O)c2cn(CCCN)nn2)CCO1. The van der Waals surface area contributed by atoms with Gasteiger partial charge in [-0.05, 0) is 25.3 Å². The number of carbonyl (C=O) groups is 1. The molecule has 1 atom stereocenters. The Morgan fingerprint density at radius 2 is 2.30 bits per heavy atom. The standard InChI is InChI=1S/C16H29N5O2/c1-13(2)5-3-6-14-11-20(9-10-23-14)16(22)15-12-21(19-18-15)8-4-7-17/h12-14H,3-11,17H2,1-2H3. The fourth-order valence-corrected chi connectivity index (χ4v) is 2.75. The predicted octanol–water partition coefficient (Wildman–Crippen LogP) is 1.29. The molecule has 0 aliphatic carbocycles. The molecule has 1 saturated heterocycles. The first-order valence-electron chi connectivity index (χ1n) is 8.61. The topological polar surface area (TPSA) is 86.3 Å². The number of ether oxygens (including phenoxy) is 1. The van der Waals surface area contributed by atoms with Crippen LogP contribution < -0.4 is 5.73 Å². The number of carbonyl (C=O) groups excluding carboxylic acids is 1. The van der Waals surface area contributed by atoms with Gasteiger partial charge in [-0.1, -0.05) is 31.9 Å². The minimum atomic E-state index is -0.0545. The molecule has 1 aromatic rings. The highest BCUT2D eigenvalue weighted by molar-refractivity contribution is 5.92. The average molecular weight is 323 g/mol. The van der Waals surface area contributed by atoms with E-state index in [1.807, 2.05) is 4.90 Å². The van der Waals surface area contributed by atoms with Crippen molar-refractivity contribution in [2.45, 2.75) is 52.2 Å². The smallest absolute Gasteiger partial charge is 0.276 e. The second-order valence-corrected chi connectivity index (χ2v) is 6.58. The lowest BCUT2D eigenvalue weighted by Gasteiger charge is -2.32. The molecule has 1 fully saturated rings. The molecule has 0 aromatic carbocycles. The molecule has 0 spiro atoms. The minimum Gasteiger partial charge on any atom is -0.375 e. The lowest BCUT2D eigenvalue weighted by molar-refractivity contribution is -0.0262. The molecule has 23 heavy (non-hydrogen) atoms. The molecule has 1 amide bonds. The van der Waals surface area contributed by atoms with Crippen molar-refractivity contribution in [1.82, 2.24) is 19.9 Å². The quantitative estimate of drug-likeness (QED) is 0.779. The lowest BCUT2D eigenvalue weighted by atomic mass is 10.0. The fourth-order valence-electron chi connectivity index (χ4n) is 2.75. The zero-order chi connectivity index (χ0) is 16.7. The van der Waals surface area contributed by atoms with Gasteiger partial charge in [0.1, 0.15) is 0 Å². The first-order valence-corrected chi connectivity index (χ1v) is 8.61. The fraction of sp³-hybridized carbons (Fsp3) is 0.812. The summed E-state index contributed by atoms with van der Waals surface area (Å²) in [7, 11) is 0. The lowest BCUT2D eigenvalue weighted by Crippen LogP contribution is -2.45. The monoisotopic (exact) mass is 323 g/mol. The summed E-state index contributed by atoms with van der Waals surface area (Å²) in [5, 5.41) is 7.98. The normalized spacial score (nSPS) is 18.6. The van der Waals surface area contributed by atoms with Gasteiger partial charge in [0.05, 0.1) is 18.9 Å². The van der Waals surface area contributed by atoms with Crippen LogP contribution in [0.5, 0.6) is 0 Å². The van der Waals surface area contributed by atoms with Crippen LogP contribution in [0.3, 0.4) is 0 Å². The van der Waals surface area contributed by atoms with Gasteiger partial charge in [-0.3, -0.25) is 9.48 Å². The van der Waals surface area contributed by atoms with Gasteiger partial charge in [0.15, 0.2) is 5.69 Å². The molecule has 1 aliphatic rings. The van der Waals surface area contributed by atoms with Crippen LogP contribution in [-0.4, -0.2) is 58.1 Å². The van der Waals surface area contributed by atoms with Crippen molar-refractivity contribution in [1.29, 1.82) is 0 Å². The van der Waals surface area contributed by atoms with Gasteiger partial charge in [0.25, 0.3) is 5.91 Å². The van der Waals surface area contributed by atoms with Crippen molar-refractivity contribution in [3.63, 3.8) is 0 Å². The van der Waals surface area contributed by atoms with Crippen LogP contribution in [0.4, 0.5) is 0 Å². The van der Waals surface area contributed by atoms with Gasteiger partial charge in [-0.2, -0.15) is 0 Å². The molecule has 130 valence electrons. The molecule has 2 heterocycles. The molecular formula is C16H29N5O2. The van der Waals surface area contributed by atoms with E-state index in [1.54, 1.807) is 10.9 Å². The van der Waals surface area contributed by atoms with Gasteiger partial charge in [-0.15, -0.1) is 5.10 Å². The van der Waals surface area contributed by atoms with Crippen LogP contribution in [0.1, 0.15) is 50.0 Å². The van der Waals surface area contributed by atoms with E-state index < -0.39 is 0 Å². The van der Waals surface area contributed by atoms with E-state index in [1.165, 1.54) is 6.42 Å². The number of hydrogen-bond acceptors (Lipinski definition) is 5. The van der Waals surface area contributed by atoms with Crippen LogP contribution >= 0.6 is 0 Å². The molecule has 2 rings (SSSR count). The number of nitrogens with two attached hydrogens (primary N) is 1. The van der Waals surface area contributed by atoms with Gasteiger partial charge in [0, 0.05) is 19.6 Å². The first-order chi connectivity index (χ1) is 11.1. The third-order valence-corrected chi connectivity index (χ3v) is 4.08. The second-order valence-electron chi connectivity index (χ2n) is 6.58. The molecule has 7 nitrogen and oxygen atoms in total. The molecule has 1 aromatic heterocycles. The molecule has 7 heteroatoms. The molecule has 0 bridgehead atoms. The Hall–Kier alpha value is -1.47. The van der Waals surface area contributed by atoms with Crippen molar-refractivity contribution < 1.29 is 9.53 Å². The number of morpholine rings is 1. The van der Waals surface area contributed by atoms with Crippen molar-refractivity contribution in [3.05, 3.63) is 11.9 Å². The molecule has 1 aliphatic heterocycles. The Morgan fingerprint density at radius 1 is 1.48 bits per heavy atom. The number of aryl methyl sites for hydroxylation is 1. The Morgan fingerprint density at radius 3 is 3.04 bits per heavy atom. The molecule has 0 saturated carbocycles. The zero-order valence-corrected chi connectivity index (χ0v) is 14.3. The Kier molecular flexibility index (Phi) is 6.98. The maximum atomic E-state index is 12.5. The molecule has 1 unspecified atom stereocenters. The zero-order valence-electron chi connectivity index (χ0n) is 14.3. The number of nitrogens with zero attached hydrogens (tertiary/aromatic N) is 4. The van der Waals surface area contributed by atoms with Crippen LogP contribution in [0.2, 0.25) is 0 Å². The van der Waals surface area contributed by atoms with Crippen LogP contribution in [0.15, 0.2) is 6.20 Å². The van der Waals surface area contributed by atoms with E-state index in [0.29, 0.717) is 44.4 Å². The van der Waals surface area contributed by atoms with Gasteiger partial charge in [-0.25, -0.2) is 0 Å². The number of rotatable bonds is 8. The maximum absolute atomic E-state index is 12.5. The van der Waals surface area contributed by atoms with E-state index in [4.69, 9.17) is 10.5 Å². The summed E-state index contributed by atoms with van der Waals surface area (Å²) in [6, 6.07) is 0. The summed E-state index contributed by atoms with van der Waals surface area (Å²) in [6.45, 7) is 7.61. The van der Waals surface area contributed by atoms with E-state index in [0.717, 1.165) is 19.3 Å². The Bertz CT molecular complexity index is 489. The summed E-state index contributed by atoms with van der Waals surface area (Å²) in [4.78, 5) is 14.4. The van der Waals surface area contributed by atoms with E-state index in [9.17, 15) is 4.79 Å². The molecule has 0 radical (unpaired) electrons. The Labute approximate surface area is 138 Å². The van der Waals surface area contributed by atoms with E-state index in [-0.39, 0.29) is 12.0 Å². The largest absolute Gasteiger partial charge is 0.375 e. The third kappa shape index (κ3) is 5.58. The van der Waals surface area contributed by atoms with Crippen LogP contribution in [0.25, 0.3) is 0 Å². The second kappa shape index (κ2) is 8.98. The highest BCUT2D eigenvalue weighted by Crippen LogP contribution is 2.16. The van der Waals surface area contributed by atoms with Crippen molar-refractivity contribution in [2.24, 2.45) is 11.7 Å². The first kappa shape index (κ1) is 17.9. The average Bonchev–Trinajstić information content (AvgIpc) is 3.01. The van der Waals surface area contributed by atoms with E-state index >= 15 is 0 Å². The Balaban J connectivity index is 1.84. The predicted molar refractivity (Wildman–Crippen MR) is 88.0 cm³/mol. The highest BCUT2D eigenvalue weighted by Gasteiger charge is 2.26. The summed E-state index contributed by atoms with van der Waals surface area (Å²) >= 11 is 0. The number of hydrogen-bond donors (Lipinski definition) is 1. The van der Waals surface area contributed by atoms with Crippen molar-refractivity contribution in [2.75, 3.05) is 26.2 Å². The highest BCUT2D eigenvalue weighted by atomic mass is 16.5. The summed E-state index contributed by atoms with van der Waals surface area (Å²) in [5.74, 6) is 0.654. The molecule has 2 N–H and O–H groups in total.